The third-order valence-corrected chi connectivity index (χ3v) is 5.55. The Bertz CT molecular complexity index is 747. The van der Waals surface area contributed by atoms with Crippen molar-refractivity contribution in [3.05, 3.63) is 71.4 Å². The summed E-state index contributed by atoms with van der Waals surface area (Å²) in [7, 11) is 2.24. The molecule has 2 heteroatoms. The Morgan fingerprint density at radius 1 is 1.00 bits per heavy atom. The molecule has 0 amide bonds. The second-order valence-electron chi connectivity index (χ2n) is 6.86. The van der Waals surface area contributed by atoms with E-state index in [4.69, 9.17) is 0 Å². The van der Waals surface area contributed by atoms with Gasteiger partial charge in [-0.3, -0.25) is 4.48 Å². The number of para-hydroxylation sites is 1. The van der Waals surface area contributed by atoms with Gasteiger partial charge in [0.1, 0.15) is 17.9 Å². The molecule has 0 unspecified atom stereocenters. The topological polar surface area (TPSA) is 3.24 Å². The van der Waals surface area contributed by atoms with Gasteiger partial charge in [-0.15, -0.1) is 0 Å². The van der Waals surface area contributed by atoms with Gasteiger partial charge in [0.15, 0.2) is 0 Å². The van der Waals surface area contributed by atoms with Crippen molar-refractivity contribution in [1.29, 1.82) is 0 Å². The van der Waals surface area contributed by atoms with Crippen LogP contribution in [-0.4, -0.2) is 31.6 Å². The number of hydrogen-bond donors (Lipinski definition) is 0. The summed E-state index contributed by atoms with van der Waals surface area (Å²) in [5.74, 6) is 0. The van der Waals surface area contributed by atoms with Gasteiger partial charge in [0, 0.05) is 42.3 Å². The summed E-state index contributed by atoms with van der Waals surface area (Å²) in [6.45, 7) is 6.78. The fourth-order valence-corrected chi connectivity index (χ4v) is 4.40. The van der Waals surface area contributed by atoms with Crippen molar-refractivity contribution in [2.24, 2.45) is 0 Å². The minimum Gasteiger partial charge on any atom is -0.301 e. The van der Waals surface area contributed by atoms with E-state index in [1.165, 1.54) is 29.8 Å². The SMILES string of the molecule is CC[N@+]1(Cc2ccccc2)C2=C(CN(C)CC2)c2ccccc21. The van der Waals surface area contributed by atoms with Gasteiger partial charge in [-0.25, -0.2) is 0 Å². The molecule has 118 valence electrons. The molecule has 4 rings (SSSR count). The number of rotatable bonds is 3. The van der Waals surface area contributed by atoms with E-state index in [1.54, 1.807) is 11.3 Å². The standard InChI is InChI=1S/C21H25N2/c1-3-23(16-17-9-5-4-6-10-17)20-12-8-7-11-18(20)19-15-22(2)14-13-21(19)23/h4-12H,3,13-16H2,1-2H3/q+1/t23-/m1/s1. The average molecular weight is 305 g/mol. The number of fused-ring (bicyclic) bond motifs is 2. The maximum atomic E-state index is 2.45. The fraction of sp³-hybridized carbons (Fsp3) is 0.333. The van der Waals surface area contributed by atoms with Crippen LogP contribution in [-0.2, 0) is 6.54 Å². The highest BCUT2D eigenvalue weighted by Crippen LogP contribution is 2.49. The Morgan fingerprint density at radius 3 is 2.52 bits per heavy atom. The number of hydrogen-bond acceptors (Lipinski definition) is 1. The van der Waals surface area contributed by atoms with E-state index in [2.05, 4.69) is 73.5 Å². The number of nitrogens with zero attached hydrogens (tertiary/aromatic N) is 2. The van der Waals surface area contributed by atoms with E-state index >= 15 is 0 Å². The highest BCUT2D eigenvalue weighted by molar-refractivity contribution is 5.86. The molecule has 23 heavy (non-hydrogen) atoms. The van der Waals surface area contributed by atoms with Gasteiger partial charge in [-0.05, 0) is 20.0 Å². The molecule has 0 fully saturated rings. The van der Waals surface area contributed by atoms with Crippen LogP contribution >= 0.6 is 0 Å². The molecule has 2 aromatic carbocycles. The lowest BCUT2D eigenvalue weighted by Crippen LogP contribution is -2.47. The summed E-state index contributed by atoms with van der Waals surface area (Å²) in [6.07, 6.45) is 1.18. The Hall–Kier alpha value is -1.90. The molecular formula is C21H25N2+. The molecule has 2 nitrogen and oxygen atoms in total. The van der Waals surface area contributed by atoms with Crippen molar-refractivity contribution < 1.29 is 0 Å². The van der Waals surface area contributed by atoms with E-state index < -0.39 is 0 Å². The van der Waals surface area contributed by atoms with Crippen molar-refractivity contribution in [2.45, 2.75) is 19.9 Å². The minimum absolute atomic E-state index is 1.02. The molecule has 0 radical (unpaired) electrons. The van der Waals surface area contributed by atoms with Crippen LogP contribution in [0.2, 0.25) is 0 Å². The maximum Gasteiger partial charge on any atom is 0.145 e. The van der Waals surface area contributed by atoms with Crippen molar-refractivity contribution in [3.8, 4) is 0 Å². The summed E-state index contributed by atoms with van der Waals surface area (Å²) in [5.41, 5.74) is 7.63. The van der Waals surface area contributed by atoms with Crippen molar-refractivity contribution in [2.75, 3.05) is 26.7 Å². The van der Waals surface area contributed by atoms with E-state index in [-0.39, 0.29) is 0 Å². The van der Waals surface area contributed by atoms with Crippen molar-refractivity contribution in [3.63, 3.8) is 0 Å². The molecule has 2 aromatic rings. The number of benzene rings is 2. The third kappa shape index (κ3) is 2.25. The smallest absolute Gasteiger partial charge is 0.145 e. The zero-order chi connectivity index (χ0) is 15.9. The largest absolute Gasteiger partial charge is 0.301 e. The lowest BCUT2D eigenvalue weighted by Gasteiger charge is -2.38. The average Bonchev–Trinajstić information content (AvgIpc) is 2.86. The molecule has 0 saturated carbocycles. The molecule has 0 N–H and O–H groups in total. The Labute approximate surface area is 139 Å². The van der Waals surface area contributed by atoms with Gasteiger partial charge in [0.05, 0.1) is 6.54 Å². The predicted octanol–water partition coefficient (Wildman–Crippen LogP) is 4.27. The van der Waals surface area contributed by atoms with Crippen LogP contribution in [0.4, 0.5) is 5.69 Å². The first kappa shape index (κ1) is 14.7. The summed E-state index contributed by atoms with van der Waals surface area (Å²) in [6, 6.07) is 20.0. The Balaban J connectivity index is 1.87. The molecule has 0 spiro atoms. The Morgan fingerprint density at radius 2 is 1.74 bits per heavy atom. The normalized spacial score (nSPS) is 23.7. The fourth-order valence-electron chi connectivity index (χ4n) is 4.40. The van der Waals surface area contributed by atoms with E-state index in [0.29, 0.717) is 0 Å². The van der Waals surface area contributed by atoms with E-state index in [1.807, 2.05) is 0 Å². The predicted molar refractivity (Wildman–Crippen MR) is 98.0 cm³/mol. The summed E-state index contributed by atoms with van der Waals surface area (Å²) in [5, 5.41) is 0. The van der Waals surface area contributed by atoms with Crippen LogP contribution in [0.25, 0.3) is 5.57 Å². The van der Waals surface area contributed by atoms with Gasteiger partial charge >= 0.3 is 0 Å². The minimum atomic E-state index is 1.02. The summed E-state index contributed by atoms with van der Waals surface area (Å²) < 4.78 is 1.02. The van der Waals surface area contributed by atoms with Gasteiger partial charge in [-0.1, -0.05) is 42.5 Å². The first-order chi connectivity index (χ1) is 11.2. The molecule has 0 aromatic heterocycles. The number of likely N-dealkylation sites (N-methyl/N-ethyl adjacent to an activating group) is 1. The lowest BCUT2D eigenvalue weighted by molar-refractivity contribution is 0.300. The van der Waals surface area contributed by atoms with Crippen LogP contribution in [0.1, 0.15) is 24.5 Å². The van der Waals surface area contributed by atoms with Gasteiger partial charge in [0.2, 0.25) is 0 Å². The van der Waals surface area contributed by atoms with Crippen LogP contribution < -0.4 is 4.48 Å². The lowest BCUT2D eigenvalue weighted by atomic mass is 10.0. The number of quaternary nitrogens is 1. The van der Waals surface area contributed by atoms with E-state index in [0.717, 1.165) is 24.1 Å². The molecule has 2 heterocycles. The molecule has 0 aliphatic carbocycles. The molecule has 1 atom stereocenters. The monoisotopic (exact) mass is 305 g/mol. The molecule has 0 bridgehead atoms. The van der Waals surface area contributed by atoms with Crippen LogP contribution in [0.3, 0.4) is 0 Å². The second kappa shape index (κ2) is 5.63. The van der Waals surface area contributed by atoms with Crippen LogP contribution in [0.15, 0.2) is 60.3 Å². The quantitative estimate of drug-likeness (QED) is 0.765. The molecule has 2 aliphatic rings. The second-order valence-corrected chi connectivity index (χ2v) is 6.86. The van der Waals surface area contributed by atoms with Gasteiger partial charge in [-0.2, -0.15) is 0 Å². The summed E-state index contributed by atoms with van der Waals surface area (Å²) >= 11 is 0. The zero-order valence-electron chi connectivity index (χ0n) is 14.1. The maximum absolute atomic E-state index is 2.45. The molecule has 0 saturated heterocycles. The van der Waals surface area contributed by atoms with Gasteiger partial charge in [0.25, 0.3) is 0 Å². The first-order valence-corrected chi connectivity index (χ1v) is 8.67. The first-order valence-electron chi connectivity index (χ1n) is 8.67. The third-order valence-electron chi connectivity index (χ3n) is 5.55. The van der Waals surface area contributed by atoms with Crippen LogP contribution in [0.5, 0.6) is 0 Å². The highest BCUT2D eigenvalue weighted by Gasteiger charge is 2.45. The van der Waals surface area contributed by atoms with Crippen LogP contribution in [0, 0.1) is 0 Å². The van der Waals surface area contributed by atoms with Gasteiger partial charge < -0.3 is 4.90 Å². The Kier molecular flexibility index (Phi) is 3.59. The molecule has 2 aliphatic heterocycles. The van der Waals surface area contributed by atoms with Crippen molar-refractivity contribution in [1.82, 2.24) is 9.38 Å². The highest BCUT2D eigenvalue weighted by atomic mass is 15.4. The summed E-state index contributed by atoms with van der Waals surface area (Å²) in [4.78, 5) is 2.45. The molecular weight excluding hydrogens is 280 g/mol. The zero-order valence-corrected chi connectivity index (χ0v) is 14.1. The van der Waals surface area contributed by atoms with Crippen molar-refractivity contribution >= 4 is 11.3 Å². The van der Waals surface area contributed by atoms with E-state index in [9.17, 15) is 0 Å².